The fourth-order valence-corrected chi connectivity index (χ4v) is 2.75. The molecule has 128 valence electrons. The summed E-state index contributed by atoms with van der Waals surface area (Å²) in [6.45, 7) is 4.06. The summed E-state index contributed by atoms with van der Waals surface area (Å²) in [6.07, 6.45) is 5.06. The quantitative estimate of drug-likeness (QED) is 0.442. The lowest BCUT2D eigenvalue weighted by Gasteiger charge is -2.08. The van der Waals surface area contributed by atoms with Gasteiger partial charge in [-0.1, -0.05) is 85.8 Å². The Labute approximate surface area is 150 Å². The Morgan fingerprint density at radius 2 is 1.40 bits per heavy atom. The normalized spacial score (nSPS) is 10.7. The summed E-state index contributed by atoms with van der Waals surface area (Å²) in [6, 6.07) is 21.7. The van der Waals surface area contributed by atoms with E-state index in [0.717, 1.165) is 23.1 Å². The molecule has 1 heteroatoms. The largest absolute Gasteiger partial charge is 0.206 e. The first-order valence-electron chi connectivity index (χ1n) is 8.24. The van der Waals surface area contributed by atoms with Crippen molar-refractivity contribution in [3.63, 3.8) is 0 Å². The lowest BCUT2D eigenvalue weighted by molar-refractivity contribution is 0.632. The van der Waals surface area contributed by atoms with Gasteiger partial charge in [-0.3, -0.25) is 0 Å². The van der Waals surface area contributed by atoms with Crippen molar-refractivity contribution in [3.8, 4) is 22.3 Å². The minimum atomic E-state index is -0.186. The zero-order chi connectivity index (χ0) is 16.9. The van der Waals surface area contributed by atoms with Crippen LogP contribution in [0.5, 0.6) is 0 Å². The maximum atomic E-state index is 14.6. The average Bonchev–Trinajstić information content (AvgIpc) is 2.61. The van der Waals surface area contributed by atoms with Crippen LogP contribution in [0.15, 0.2) is 78.9 Å². The van der Waals surface area contributed by atoms with Gasteiger partial charge in [0.2, 0.25) is 0 Å². The van der Waals surface area contributed by atoms with Crippen LogP contribution in [0.4, 0.5) is 4.39 Å². The number of rotatable bonds is 4. The summed E-state index contributed by atoms with van der Waals surface area (Å²) in [5.41, 5.74) is 5.92. The molecule has 0 aromatic heterocycles. The number of aryl methyl sites for hydroxylation is 1. The van der Waals surface area contributed by atoms with Gasteiger partial charge in [-0.2, -0.15) is 0 Å². The van der Waals surface area contributed by atoms with Crippen LogP contribution < -0.4 is 0 Å². The number of benzene rings is 3. The Kier molecular flexibility index (Phi) is 6.30. The standard InChI is InChI=1S/C23H21F.CH4/c1-3-4-5-18-8-12-20(13-9-18)22-15-14-21(16-23(22)24)19-10-6-17(2)7-11-19;/h3-4,6-16H,5H2,1-2H3;1H4. The van der Waals surface area contributed by atoms with Gasteiger partial charge in [0.1, 0.15) is 5.82 Å². The second kappa shape index (κ2) is 8.43. The molecule has 0 N–H and O–H groups in total. The van der Waals surface area contributed by atoms with E-state index in [-0.39, 0.29) is 13.2 Å². The molecule has 25 heavy (non-hydrogen) atoms. The zero-order valence-corrected chi connectivity index (χ0v) is 14.1. The number of hydrogen-bond acceptors (Lipinski definition) is 0. The van der Waals surface area contributed by atoms with Crippen LogP contribution >= 0.6 is 0 Å². The maximum Gasteiger partial charge on any atom is 0.131 e. The third kappa shape index (κ3) is 4.45. The van der Waals surface area contributed by atoms with Crippen molar-refractivity contribution in [1.29, 1.82) is 0 Å². The van der Waals surface area contributed by atoms with E-state index in [1.54, 1.807) is 6.07 Å². The molecule has 0 radical (unpaired) electrons. The van der Waals surface area contributed by atoms with Crippen LogP contribution in [0.3, 0.4) is 0 Å². The van der Waals surface area contributed by atoms with Crippen LogP contribution in [0, 0.1) is 12.7 Å². The molecule has 0 nitrogen and oxygen atoms in total. The van der Waals surface area contributed by atoms with Crippen molar-refractivity contribution in [1.82, 2.24) is 0 Å². The second-order valence-electron chi connectivity index (χ2n) is 6.03. The van der Waals surface area contributed by atoms with E-state index in [0.29, 0.717) is 5.56 Å². The highest BCUT2D eigenvalue weighted by Crippen LogP contribution is 2.28. The van der Waals surface area contributed by atoms with Crippen LogP contribution in [-0.2, 0) is 6.42 Å². The molecule has 3 aromatic carbocycles. The Morgan fingerprint density at radius 3 is 2.00 bits per heavy atom. The Hall–Kier alpha value is -2.67. The fraction of sp³-hybridized carbons (Fsp3) is 0.167. The maximum absolute atomic E-state index is 14.6. The first kappa shape index (κ1) is 18.7. The molecule has 0 aliphatic heterocycles. The molecule has 0 aliphatic rings. The molecule has 0 heterocycles. The number of allylic oxidation sites excluding steroid dienone is 2. The third-order valence-electron chi connectivity index (χ3n) is 4.21. The molecule has 0 unspecified atom stereocenters. The molecule has 0 bridgehead atoms. The van der Waals surface area contributed by atoms with E-state index in [9.17, 15) is 4.39 Å². The highest BCUT2D eigenvalue weighted by Gasteiger charge is 2.07. The van der Waals surface area contributed by atoms with E-state index in [1.165, 1.54) is 11.1 Å². The molecule has 0 saturated carbocycles. The van der Waals surface area contributed by atoms with Gasteiger partial charge in [-0.15, -0.1) is 0 Å². The van der Waals surface area contributed by atoms with E-state index in [4.69, 9.17) is 0 Å². The molecular formula is C24H25F. The number of halogens is 1. The number of hydrogen-bond donors (Lipinski definition) is 0. The highest BCUT2D eigenvalue weighted by atomic mass is 19.1. The van der Waals surface area contributed by atoms with Gasteiger partial charge < -0.3 is 0 Å². The summed E-state index contributed by atoms with van der Waals surface area (Å²) < 4.78 is 14.6. The van der Waals surface area contributed by atoms with E-state index < -0.39 is 0 Å². The molecule has 0 saturated heterocycles. The summed E-state index contributed by atoms with van der Waals surface area (Å²) in [5.74, 6) is -0.186. The van der Waals surface area contributed by atoms with Gasteiger partial charge >= 0.3 is 0 Å². The Morgan fingerprint density at radius 1 is 0.800 bits per heavy atom. The summed E-state index contributed by atoms with van der Waals surface area (Å²) in [5, 5.41) is 0. The predicted octanol–water partition coefficient (Wildman–Crippen LogP) is 7.22. The van der Waals surface area contributed by atoms with Gasteiger partial charge in [0.15, 0.2) is 0 Å². The molecule has 0 aliphatic carbocycles. The zero-order valence-electron chi connectivity index (χ0n) is 14.1. The molecule has 0 spiro atoms. The van der Waals surface area contributed by atoms with Crippen molar-refractivity contribution in [2.45, 2.75) is 27.7 Å². The first-order chi connectivity index (χ1) is 11.7. The Bertz CT molecular complexity index is 840. The minimum absolute atomic E-state index is 0. The molecule has 0 atom stereocenters. The van der Waals surface area contributed by atoms with Crippen molar-refractivity contribution >= 4 is 0 Å². The van der Waals surface area contributed by atoms with Gasteiger partial charge in [-0.25, -0.2) is 4.39 Å². The average molecular weight is 332 g/mol. The Balaban J connectivity index is 0.00000225. The summed E-state index contributed by atoms with van der Waals surface area (Å²) in [4.78, 5) is 0. The van der Waals surface area contributed by atoms with Gasteiger partial charge in [0, 0.05) is 5.56 Å². The second-order valence-corrected chi connectivity index (χ2v) is 6.03. The monoisotopic (exact) mass is 332 g/mol. The van der Waals surface area contributed by atoms with Gasteiger partial charge in [-0.05, 0) is 48.6 Å². The first-order valence-corrected chi connectivity index (χ1v) is 8.24. The molecule has 0 fully saturated rings. The molecule has 0 amide bonds. The summed E-state index contributed by atoms with van der Waals surface area (Å²) in [7, 11) is 0. The van der Waals surface area contributed by atoms with Crippen LogP contribution in [0.1, 0.15) is 25.5 Å². The summed E-state index contributed by atoms with van der Waals surface area (Å²) >= 11 is 0. The SMILES string of the molecule is C.CC=CCc1ccc(-c2ccc(-c3ccc(C)cc3)cc2F)cc1. The highest BCUT2D eigenvalue weighted by molar-refractivity contribution is 5.71. The van der Waals surface area contributed by atoms with Gasteiger partial charge in [0.25, 0.3) is 0 Å². The van der Waals surface area contributed by atoms with Crippen molar-refractivity contribution in [3.05, 3.63) is 95.8 Å². The van der Waals surface area contributed by atoms with Crippen molar-refractivity contribution in [2.24, 2.45) is 0 Å². The molecular weight excluding hydrogens is 307 g/mol. The van der Waals surface area contributed by atoms with Crippen molar-refractivity contribution < 1.29 is 4.39 Å². The van der Waals surface area contributed by atoms with E-state index in [2.05, 4.69) is 18.2 Å². The van der Waals surface area contributed by atoms with Crippen LogP contribution in [-0.4, -0.2) is 0 Å². The lowest BCUT2D eigenvalue weighted by atomic mass is 9.98. The van der Waals surface area contributed by atoms with Crippen LogP contribution in [0.25, 0.3) is 22.3 Å². The van der Waals surface area contributed by atoms with E-state index >= 15 is 0 Å². The van der Waals surface area contributed by atoms with Crippen LogP contribution in [0.2, 0.25) is 0 Å². The topological polar surface area (TPSA) is 0 Å². The van der Waals surface area contributed by atoms with Crippen molar-refractivity contribution in [2.75, 3.05) is 0 Å². The third-order valence-corrected chi connectivity index (χ3v) is 4.21. The molecule has 3 rings (SSSR count). The fourth-order valence-electron chi connectivity index (χ4n) is 2.75. The van der Waals surface area contributed by atoms with Gasteiger partial charge in [0.05, 0.1) is 0 Å². The predicted molar refractivity (Wildman–Crippen MR) is 107 cm³/mol. The van der Waals surface area contributed by atoms with E-state index in [1.807, 2.05) is 68.5 Å². The molecule has 3 aromatic rings. The smallest absolute Gasteiger partial charge is 0.131 e. The lowest BCUT2D eigenvalue weighted by Crippen LogP contribution is -1.88. The minimum Gasteiger partial charge on any atom is -0.206 e.